The zero-order valence-electron chi connectivity index (χ0n) is 20.4. The fourth-order valence-electron chi connectivity index (χ4n) is 3.13. The Morgan fingerprint density at radius 1 is 0.576 bits per heavy atom. The van der Waals surface area contributed by atoms with Crippen molar-refractivity contribution in [1.29, 1.82) is 0 Å². The topological polar surface area (TPSA) is 77.4 Å². The maximum absolute atomic E-state index is 9.26. The van der Waals surface area contributed by atoms with Crippen LogP contribution in [0.25, 0.3) is 0 Å². The van der Waals surface area contributed by atoms with Gasteiger partial charge in [-0.3, -0.25) is 0 Å². The van der Waals surface area contributed by atoms with Crippen LogP contribution in [0.4, 0.5) is 0 Å². The Balaban J connectivity index is 1.65. The number of aliphatic hydroxyl groups excluding tert-OH is 2. The standard InChI is InChI=1S/C27H40O6/c1-20(28)16-30-22(3)18-32-26-12-8-24(9-13-26)6-5-7-25-10-14-27(15-11-25)33-19-23(4)31-17-21(2)29/h8-15,20-23,28-29H,5-7,16-19H2,1-4H3. The second-order valence-electron chi connectivity index (χ2n) is 8.75. The zero-order valence-corrected chi connectivity index (χ0v) is 20.4. The number of ether oxygens (including phenoxy) is 4. The molecule has 0 bridgehead atoms. The van der Waals surface area contributed by atoms with Crippen molar-refractivity contribution in [2.45, 2.75) is 71.4 Å². The van der Waals surface area contributed by atoms with Gasteiger partial charge in [0, 0.05) is 0 Å². The van der Waals surface area contributed by atoms with Gasteiger partial charge < -0.3 is 29.2 Å². The molecule has 2 rings (SSSR count). The van der Waals surface area contributed by atoms with Crippen molar-refractivity contribution in [3.63, 3.8) is 0 Å². The van der Waals surface area contributed by atoms with Gasteiger partial charge in [0.1, 0.15) is 24.7 Å². The first-order valence-electron chi connectivity index (χ1n) is 11.8. The minimum Gasteiger partial charge on any atom is -0.491 e. The van der Waals surface area contributed by atoms with Crippen molar-refractivity contribution in [1.82, 2.24) is 0 Å². The molecule has 6 nitrogen and oxygen atoms in total. The molecule has 0 saturated heterocycles. The van der Waals surface area contributed by atoms with Crippen LogP contribution in [0.3, 0.4) is 0 Å². The number of benzene rings is 2. The van der Waals surface area contributed by atoms with Gasteiger partial charge in [-0.05, 0) is 82.3 Å². The Kier molecular flexibility index (Phi) is 12.3. The Morgan fingerprint density at radius 2 is 0.939 bits per heavy atom. The lowest BCUT2D eigenvalue weighted by molar-refractivity contribution is -0.0132. The lowest BCUT2D eigenvalue weighted by Gasteiger charge is -2.15. The summed E-state index contributed by atoms with van der Waals surface area (Å²) in [5.74, 6) is 1.65. The minimum absolute atomic E-state index is 0.0668. The van der Waals surface area contributed by atoms with E-state index in [9.17, 15) is 10.2 Å². The van der Waals surface area contributed by atoms with E-state index in [0.717, 1.165) is 30.8 Å². The molecular formula is C27H40O6. The third-order valence-electron chi connectivity index (χ3n) is 4.99. The SMILES string of the molecule is CC(O)COC(C)COc1ccc(CCCc2ccc(OCC(C)OCC(C)O)cc2)cc1. The lowest BCUT2D eigenvalue weighted by Crippen LogP contribution is -2.22. The van der Waals surface area contributed by atoms with Crippen LogP contribution in [-0.4, -0.2) is 61.1 Å². The largest absolute Gasteiger partial charge is 0.491 e. The highest BCUT2D eigenvalue weighted by Crippen LogP contribution is 2.17. The minimum atomic E-state index is -0.464. The van der Waals surface area contributed by atoms with Gasteiger partial charge in [-0.2, -0.15) is 0 Å². The highest BCUT2D eigenvalue weighted by molar-refractivity contribution is 5.29. The predicted octanol–water partition coefficient (Wildman–Crippen LogP) is 4.19. The summed E-state index contributed by atoms with van der Waals surface area (Å²) in [6.45, 7) is 8.83. The Hall–Kier alpha value is -2.12. The Morgan fingerprint density at radius 3 is 1.27 bits per heavy atom. The molecule has 0 aliphatic rings. The second-order valence-corrected chi connectivity index (χ2v) is 8.75. The number of hydrogen-bond donors (Lipinski definition) is 2. The smallest absolute Gasteiger partial charge is 0.119 e. The molecule has 0 fully saturated rings. The molecule has 0 aliphatic carbocycles. The zero-order chi connectivity index (χ0) is 24.1. The van der Waals surface area contributed by atoms with Gasteiger partial charge in [0.25, 0.3) is 0 Å². The summed E-state index contributed by atoms with van der Waals surface area (Å²) < 4.78 is 22.5. The molecule has 0 aromatic heterocycles. The summed E-state index contributed by atoms with van der Waals surface area (Å²) in [6, 6.07) is 16.4. The average Bonchev–Trinajstić information content (AvgIpc) is 2.80. The van der Waals surface area contributed by atoms with Crippen molar-refractivity contribution in [3.05, 3.63) is 59.7 Å². The number of hydrogen-bond acceptors (Lipinski definition) is 6. The van der Waals surface area contributed by atoms with E-state index in [1.165, 1.54) is 11.1 Å². The third kappa shape index (κ3) is 12.1. The van der Waals surface area contributed by atoms with Crippen LogP contribution in [0.15, 0.2) is 48.5 Å². The van der Waals surface area contributed by atoms with Crippen LogP contribution in [0.5, 0.6) is 11.5 Å². The third-order valence-corrected chi connectivity index (χ3v) is 4.99. The molecule has 0 aliphatic heterocycles. The van der Waals surface area contributed by atoms with Gasteiger partial charge in [0.05, 0.1) is 37.6 Å². The molecule has 6 heteroatoms. The summed E-state index contributed by atoms with van der Waals surface area (Å²) in [4.78, 5) is 0. The molecule has 2 aromatic rings. The lowest BCUT2D eigenvalue weighted by atomic mass is 10.0. The predicted molar refractivity (Wildman–Crippen MR) is 130 cm³/mol. The number of aryl methyl sites for hydroxylation is 2. The highest BCUT2D eigenvalue weighted by Gasteiger charge is 2.07. The summed E-state index contributed by atoms with van der Waals surface area (Å²) in [5, 5.41) is 18.5. The second kappa shape index (κ2) is 14.9. The summed E-state index contributed by atoms with van der Waals surface area (Å²) >= 11 is 0. The molecule has 184 valence electrons. The first-order chi connectivity index (χ1) is 15.8. The fourth-order valence-corrected chi connectivity index (χ4v) is 3.13. The van der Waals surface area contributed by atoms with Crippen molar-refractivity contribution in [2.75, 3.05) is 26.4 Å². The quantitative estimate of drug-likeness (QED) is 0.391. The highest BCUT2D eigenvalue weighted by atomic mass is 16.5. The number of rotatable bonds is 16. The molecule has 0 radical (unpaired) electrons. The summed E-state index contributed by atoms with van der Waals surface area (Å²) in [7, 11) is 0. The van der Waals surface area contributed by atoms with Crippen molar-refractivity contribution in [3.8, 4) is 11.5 Å². The van der Waals surface area contributed by atoms with E-state index in [4.69, 9.17) is 18.9 Å². The van der Waals surface area contributed by atoms with E-state index in [1.807, 2.05) is 38.1 Å². The van der Waals surface area contributed by atoms with E-state index in [0.29, 0.717) is 26.4 Å². The molecule has 0 saturated carbocycles. The molecule has 0 spiro atoms. The molecule has 0 amide bonds. The van der Waals surface area contributed by atoms with Gasteiger partial charge >= 0.3 is 0 Å². The monoisotopic (exact) mass is 460 g/mol. The van der Waals surface area contributed by atoms with Gasteiger partial charge in [-0.1, -0.05) is 24.3 Å². The van der Waals surface area contributed by atoms with Gasteiger partial charge in [0.2, 0.25) is 0 Å². The molecule has 33 heavy (non-hydrogen) atoms. The van der Waals surface area contributed by atoms with Gasteiger partial charge in [-0.25, -0.2) is 0 Å². The maximum atomic E-state index is 9.26. The van der Waals surface area contributed by atoms with E-state index >= 15 is 0 Å². The van der Waals surface area contributed by atoms with E-state index in [-0.39, 0.29) is 12.2 Å². The van der Waals surface area contributed by atoms with Crippen LogP contribution in [0.2, 0.25) is 0 Å². The number of aliphatic hydroxyl groups is 2. The maximum Gasteiger partial charge on any atom is 0.119 e. The fraction of sp³-hybridized carbons (Fsp3) is 0.556. The Bertz CT molecular complexity index is 692. The molecule has 4 atom stereocenters. The van der Waals surface area contributed by atoms with Crippen LogP contribution >= 0.6 is 0 Å². The molecular weight excluding hydrogens is 420 g/mol. The van der Waals surface area contributed by atoms with Crippen LogP contribution in [0.1, 0.15) is 45.2 Å². The van der Waals surface area contributed by atoms with Crippen molar-refractivity contribution < 1.29 is 29.2 Å². The van der Waals surface area contributed by atoms with Crippen LogP contribution < -0.4 is 9.47 Å². The van der Waals surface area contributed by atoms with Gasteiger partial charge in [-0.15, -0.1) is 0 Å². The molecule has 2 aromatic carbocycles. The van der Waals surface area contributed by atoms with Crippen molar-refractivity contribution >= 4 is 0 Å². The van der Waals surface area contributed by atoms with E-state index in [2.05, 4.69) is 24.3 Å². The molecule has 4 unspecified atom stereocenters. The Labute approximate surface area is 198 Å². The first kappa shape index (κ1) is 27.1. The van der Waals surface area contributed by atoms with Gasteiger partial charge in [0.15, 0.2) is 0 Å². The molecule has 0 heterocycles. The van der Waals surface area contributed by atoms with E-state index < -0.39 is 12.2 Å². The van der Waals surface area contributed by atoms with E-state index in [1.54, 1.807) is 13.8 Å². The normalized spacial score (nSPS) is 15.0. The summed E-state index contributed by atoms with van der Waals surface area (Å²) in [6.07, 6.45) is 2.01. The van der Waals surface area contributed by atoms with Crippen LogP contribution in [0, 0.1) is 0 Å². The average molecular weight is 461 g/mol. The summed E-state index contributed by atoms with van der Waals surface area (Å²) in [5.41, 5.74) is 2.57. The van der Waals surface area contributed by atoms with Crippen LogP contribution in [-0.2, 0) is 22.3 Å². The van der Waals surface area contributed by atoms with Crippen molar-refractivity contribution in [2.24, 2.45) is 0 Å². The first-order valence-corrected chi connectivity index (χ1v) is 11.8. The molecule has 2 N–H and O–H groups in total.